The number of hydrogen-bond donors (Lipinski definition) is 1. The van der Waals surface area contributed by atoms with Crippen molar-refractivity contribution < 1.29 is 26.7 Å². The standard InChI is InChI=1S/C21H13BrClNO.BF4/c22-15-6-9-17(10-7-15)24-19-13-21(14-4-2-1-3-5-14)25-20-11-8-16(23)12-18(19)20;2-1(3,4)5/h1-13H;/q;-1/p+1. The molecule has 0 unspecified atom stereocenters. The minimum atomic E-state index is -6.00. The fraction of sp³-hybridized carbons (Fsp3) is 0. The third kappa shape index (κ3) is 6.47. The molecular formula is C21H14BBrClF4NO. The molecule has 2 nitrogen and oxygen atoms in total. The molecule has 0 saturated heterocycles. The lowest BCUT2D eigenvalue weighted by molar-refractivity contribution is -0.400. The Balaban J connectivity index is 0.000000461. The molecule has 9 heteroatoms. The molecule has 1 N–H and O–H groups in total. The van der Waals surface area contributed by atoms with E-state index in [-0.39, 0.29) is 0 Å². The third-order valence-electron chi connectivity index (χ3n) is 3.91. The summed E-state index contributed by atoms with van der Waals surface area (Å²) < 4.78 is 46.1. The monoisotopic (exact) mass is 497 g/mol. The van der Waals surface area contributed by atoms with E-state index in [1.54, 1.807) is 0 Å². The molecule has 0 amide bonds. The van der Waals surface area contributed by atoms with Crippen LogP contribution in [0.25, 0.3) is 22.3 Å². The Morgan fingerprint density at radius 2 is 1.47 bits per heavy atom. The van der Waals surface area contributed by atoms with Gasteiger partial charge in [-0.3, -0.25) is 0 Å². The molecule has 3 aromatic carbocycles. The van der Waals surface area contributed by atoms with Crippen LogP contribution >= 0.6 is 27.5 Å². The van der Waals surface area contributed by atoms with Gasteiger partial charge in [0.05, 0.1) is 11.5 Å². The van der Waals surface area contributed by atoms with Gasteiger partial charge in [0, 0.05) is 27.2 Å². The Morgan fingerprint density at radius 1 is 0.833 bits per heavy atom. The highest BCUT2D eigenvalue weighted by Gasteiger charge is 2.20. The van der Waals surface area contributed by atoms with Crippen LogP contribution in [0.5, 0.6) is 0 Å². The Morgan fingerprint density at radius 3 is 2.10 bits per heavy atom. The summed E-state index contributed by atoms with van der Waals surface area (Å²) in [5.74, 6) is 0.801. The van der Waals surface area contributed by atoms with Crippen LogP contribution in [0.4, 0.5) is 23.0 Å². The molecule has 0 aliphatic heterocycles. The van der Waals surface area contributed by atoms with Crippen LogP contribution in [0.15, 0.2) is 87.8 Å². The number of fused-ring (bicyclic) bond motifs is 1. The van der Waals surface area contributed by atoms with Crippen molar-refractivity contribution in [1.82, 2.24) is 0 Å². The maximum absolute atomic E-state index is 9.75. The highest BCUT2D eigenvalue weighted by Crippen LogP contribution is 2.23. The van der Waals surface area contributed by atoms with Crippen molar-refractivity contribution in [3.63, 3.8) is 0 Å². The van der Waals surface area contributed by atoms with Crippen LogP contribution in [-0.4, -0.2) is 7.25 Å². The fourth-order valence-electron chi connectivity index (χ4n) is 2.70. The first-order valence-electron chi connectivity index (χ1n) is 8.71. The lowest BCUT2D eigenvalue weighted by atomic mass is 10.1. The van der Waals surface area contributed by atoms with Crippen molar-refractivity contribution in [3.8, 4) is 11.3 Å². The molecule has 154 valence electrons. The van der Waals surface area contributed by atoms with Crippen molar-refractivity contribution >= 4 is 51.4 Å². The second-order valence-corrected chi connectivity index (χ2v) is 7.51. The smallest absolute Gasteiger partial charge is 0.456 e. The third-order valence-corrected chi connectivity index (χ3v) is 4.67. The van der Waals surface area contributed by atoms with Gasteiger partial charge in [-0.1, -0.05) is 57.9 Å². The molecule has 0 radical (unpaired) electrons. The van der Waals surface area contributed by atoms with Gasteiger partial charge >= 0.3 is 7.25 Å². The van der Waals surface area contributed by atoms with Crippen LogP contribution in [0.2, 0.25) is 5.02 Å². The lowest BCUT2D eigenvalue weighted by Gasteiger charge is -2.03. The average Bonchev–Trinajstić information content (AvgIpc) is 2.69. The topological polar surface area (TPSA) is 27.1 Å². The van der Waals surface area contributed by atoms with Crippen molar-refractivity contribution in [1.29, 1.82) is 0 Å². The van der Waals surface area contributed by atoms with Gasteiger partial charge in [0.2, 0.25) is 11.0 Å². The van der Waals surface area contributed by atoms with E-state index in [2.05, 4.69) is 20.9 Å². The van der Waals surface area contributed by atoms with E-state index in [0.29, 0.717) is 5.02 Å². The van der Waals surface area contributed by atoms with Crippen molar-refractivity contribution in [2.75, 3.05) is 0 Å². The first-order valence-corrected chi connectivity index (χ1v) is 9.88. The van der Waals surface area contributed by atoms with Gasteiger partial charge in [-0.2, -0.15) is 0 Å². The minimum Gasteiger partial charge on any atom is -0.456 e. The summed E-state index contributed by atoms with van der Waals surface area (Å²) in [4.78, 5) is 3.47. The van der Waals surface area contributed by atoms with Gasteiger partial charge in [-0.25, -0.2) is 4.99 Å². The van der Waals surface area contributed by atoms with Crippen LogP contribution in [-0.2, 0) is 0 Å². The van der Waals surface area contributed by atoms with Gasteiger partial charge in [-0.15, -0.1) is 0 Å². The maximum Gasteiger partial charge on any atom is 0.673 e. The maximum atomic E-state index is 9.75. The van der Waals surface area contributed by atoms with Crippen LogP contribution in [0.3, 0.4) is 0 Å². The van der Waals surface area contributed by atoms with Crippen molar-refractivity contribution in [2.45, 2.75) is 0 Å². The zero-order valence-electron chi connectivity index (χ0n) is 15.3. The number of hydrogen-bond acceptors (Lipinski definition) is 1. The Labute approximate surface area is 183 Å². The molecular weight excluding hydrogens is 484 g/mol. The van der Waals surface area contributed by atoms with Gasteiger partial charge in [0.25, 0.3) is 0 Å². The number of nitrogens with one attached hydrogen (secondary N) is 1. The molecule has 30 heavy (non-hydrogen) atoms. The van der Waals surface area contributed by atoms with Crippen LogP contribution in [0.1, 0.15) is 0 Å². The van der Waals surface area contributed by atoms with Crippen LogP contribution in [0, 0.1) is 0 Å². The molecule has 1 aromatic heterocycles. The highest BCUT2D eigenvalue weighted by molar-refractivity contribution is 9.10. The average molecular weight is 499 g/mol. The Bertz CT molecular complexity index is 1210. The quantitative estimate of drug-likeness (QED) is 0.261. The van der Waals surface area contributed by atoms with E-state index >= 15 is 0 Å². The SMILES string of the molecule is Clc1ccc2oc(-c3ccccc3)cc(=[NH+]c3ccc(Br)cc3)c2c1.F[B-](F)(F)F. The molecule has 0 atom stereocenters. The fourth-order valence-corrected chi connectivity index (χ4v) is 3.13. The van der Waals surface area contributed by atoms with E-state index in [4.69, 9.17) is 16.0 Å². The van der Waals surface area contributed by atoms with Gasteiger partial charge < -0.3 is 21.7 Å². The first kappa shape index (κ1) is 22.1. The van der Waals surface area contributed by atoms with Gasteiger partial charge in [0.1, 0.15) is 11.3 Å². The van der Waals surface area contributed by atoms with Gasteiger partial charge in [0.15, 0.2) is 0 Å². The van der Waals surface area contributed by atoms with E-state index in [9.17, 15) is 17.3 Å². The Kier molecular flexibility index (Phi) is 7.00. The zero-order valence-corrected chi connectivity index (χ0v) is 17.6. The van der Waals surface area contributed by atoms with E-state index in [1.807, 2.05) is 78.9 Å². The summed E-state index contributed by atoms with van der Waals surface area (Å²) in [6, 6.07) is 25.8. The molecule has 4 aromatic rings. The highest BCUT2D eigenvalue weighted by atomic mass is 79.9. The number of halogens is 6. The summed E-state index contributed by atoms with van der Waals surface area (Å²) in [5, 5.41) is 2.56. The second-order valence-electron chi connectivity index (χ2n) is 6.16. The second kappa shape index (κ2) is 9.49. The summed E-state index contributed by atoms with van der Waals surface area (Å²) in [7, 11) is -6.00. The van der Waals surface area contributed by atoms with E-state index < -0.39 is 7.25 Å². The van der Waals surface area contributed by atoms with Gasteiger partial charge in [-0.05, 0) is 30.3 Å². The molecule has 4 rings (SSSR count). The minimum absolute atomic E-state index is 0.675. The molecule has 0 fully saturated rings. The van der Waals surface area contributed by atoms with E-state index in [1.165, 1.54) is 0 Å². The van der Waals surface area contributed by atoms with Crippen molar-refractivity contribution in [3.05, 3.63) is 93.7 Å². The largest absolute Gasteiger partial charge is 0.673 e. The molecule has 0 aliphatic carbocycles. The lowest BCUT2D eigenvalue weighted by Crippen LogP contribution is -2.70. The Hall–Kier alpha value is -2.58. The zero-order chi connectivity index (χ0) is 21.7. The molecule has 0 aliphatic rings. The summed E-state index contributed by atoms with van der Waals surface area (Å²) in [5.41, 5.74) is 2.80. The number of rotatable bonds is 2. The summed E-state index contributed by atoms with van der Waals surface area (Å²) in [6.45, 7) is 0. The van der Waals surface area contributed by atoms with E-state index in [0.717, 1.165) is 37.8 Å². The first-order chi connectivity index (χ1) is 14.2. The molecule has 0 spiro atoms. The number of benzene rings is 3. The summed E-state index contributed by atoms with van der Waals surface area (Å²) >= 11 is 9.66. The molecule has 0 bridgehead atoms. The van der Waals surface area contributed by atoms with Crippen LogP contribution < -0.4 is 10.3 Å². The predicted molar refractivity (Wildman–Crippen MR) is 115 cm³/mol. The molecule has 1 heterocycles. The molecule has 0 saturated carbocycles. The summed E-state index contributed by atoms with van der Waals surface area (Å²) in [6.07, 6.45) is 0. The normalized spacial score (nSPS) is 11.9. The predicted octanol–water partition coefficient (Wildman–Crippen LogP) is 6.13. The van der Waals surface area contributed by atoms with Crippen molar-refractivity contribution in [2.24, 2.45) is 0 Å².